The third kappa shape index (κ3) is 3.52. The van der Waals surface area contributed by atoms with Crippen molar-refractivity contribution in [3.8, 4) is 5.75 Å². The summed E-state index contributed by atoms with van der Waals surface area (Å²) in [5, 5.41) is 21.1. The van der Waals surface area contributed by atoms with Crippen LogP contribution in [0, 0.1) is 10.1 Å². The van der Waals surface area contributed by atoms with Gasteiger partial charge in [-0.2, -0.15) is 0 Å². The molecule has 1 heterocycles. The highest BCUT2D eigenvalue weighted by Crippen LogP contribution is 2.41. The van der Waals surface area contributed by atoms with Crippen LogP contribution in [0.15, 0.2) is 47.8 Å². The molecule has 0 aliphatic carbocycles. The molecule has 9 nitrogen and oxygen atoms in total. The number of nitro benzene ring substituents is 1. The van der Waals surface area contributed by atoms with Gasteiger partial charge in [-0.1, -0.05) is 17.7 Å². The number of hydrogen-bond acceptors (Lipinski definition) is 8. The maximum Gasteiger partial charge on any atom is 0.355 e. The fourth-order valence-electron chi connectivity index (χ4n) is 2.21. The topological polar surface area (TPSA) is 119 Å². The molecule has 0 saturated heterocycles. The Kier molecular flexibility index (Phi) is 5.63. The first kappa shape index (κ1) is 19.0. The summed E-state index contributed by atoms with van der Waals surface area (Å²) in [6.45, 7) is 0. The highest BCUT2D eigenvalue weighted by atomic mass is 35.5. The minimum absolute atomic E-state index is 0.175. The maximum atomic E-state index is 12.3. The molecule has 1 aromatic carbocycles. The van der Waals surface area contributed by atoms with E-state index in [4.69, 9.17) is 16.3 Å². The van der Waals surface area contributed by atoms with Gasteiger partial charge in [0.2, 0.25) is 0 Å². The van der Waals surface area contributed by atoms with E-state index in [0.717, 1.165) is 31.3 Å². The van der Waals surface area contributed by atoms with Gasteiger partial charge in [0.15, 0.2) is 5.75 Å². The van der Waals surface area contributed by atoms with Crippen LogP contribution in [0.4, 0.5) is 11.4 Å². The second-order valence-electron chi connectivity index (χ2n) is 4.87. The lowest BCUT2D eigenvalue weighted by molar-refractivity contribution is -0.384. The van der Waals surface area contributed by atoms with Crippen LogP contribution in [0.5, 0.6) is 5.75 Å². The average Bonchev–Trinajstić information content (AvgIpc) is 2.85. The molecule has 2 rings (SSSR count). The van der Waals surface area contributed by atoms with Crippen molar-refractivity contribution in [3.05, 3.63) is 63.0 Å². The minimum atomic E-state index is -0.927. The summed E-state index contributed by atoms with van der Waals surface area (Å²) >= 11 is 5.87. The SMILES string of the molecule is COC(=O)C1=C(C(=O)OC)N(c2cc([N+](=O)[O-])cc(Cl)c2O)C=CC=C1. The fraction of sp³-hybridized carbons (Fsp3) is 0.125. The fourth-order valence-corrected chi connectivity index (χ4v) is 2.42. The van der Waals surface area contributed by atoms with Crippen LogP contribution in [0.1, 0.15) is 0 Å². The van der Waals surface area contributed by atoms with Crippen molar-refractivity contribution < 1.29 is 29.1 Å². The number of phenols is 1. The van der Waals surface area contributed by atoms with Crippen molar-refractivity contribution in [2.45, 2.75) is 0 Å². The molecule has 0 amide bonds. The van der Waals surface area contributed by atoms with Crippen LogP contribution in [0.25, 0.3) is 0 Å². The first-order valence-corrected chi connectivity index (χ1v) is 7.41. The van der Waals surface area contributed by atoms with E-state index in [0.29, 0.717) is 0 Å². The lowest BCUT2D eigenvalue weighted by Gasteiger charge is -2.24. The van der Waals surface area contributed by atoms with Gasteiger partial charge in [0, 0.05) is 18.3 Å². The number of rotatable bonds is 4. The van der Waals surface area contributed by atoms with Gasteiger partial charge in [0.05, 0.1) is 35.4 Å². The van der Waals surface area contributed by atoms with E-state index in [1.807, 2.05) is 0 Å². The summed E-state index contributed by atoms with van der Waals surface area (Å²) < 4.78 is 9.37. The lowest BCUT2D eigenvalue weighted by Crippen LogP contribution is -2.27. The minimum Gasteiger partial charge on any atom is -0.504 e. The zero-order chi connectivity index (χ0) is 19.4. The predicted octanol–water partition coefficient (Wildman–Crippen LogP) is 2.44. The number of hydrogen-bond donors (Lipinski definition) is 1. The normalized spacial score (nSPS) is 13.4. The number of esters is 2. The monoisotopic (exact) mass is 380 g/mol. The number of anilines is 1. The number of methoxy groups -OCH3 is 2. The maximum absolute atomic E-state index is 12.3. The summed E-state index contributed by atoms with van der Waals surface area (Å²) in [6.07, 6.45) is 5.52. The smallest absolute Gasteiger partial charge is 0.355 e. The number of carbonyl (C=O) groups is 2. The standard InChI is InChI=1S/C16H13ClN2O7/c1-25-15(21)10-5-3-4-6-18(13(10)16(22)26-2)12-8-9(19(23)24)7-11(17)14(12)20/h3-8,20H,1-2H3. The molecule has 0 aromatic heterocycles. The van der Waals surface area contributed by atoms with Crippen molar-refractivity contribution in [1.82, 2.24) is 0 Å². The number of nitrogens with zero attached hydrogens (tertiary/aromatic N) is 2. The van der Waals surface area contributed by atoms with E-state index < -0.39 is 28.3 Å². The van der Waals surface area contributed by atoms with E-state index in [2.05, 4.69) is 4.74 Å². The zero-order valence-electron chi connectivity index (χ0n) is 13.6. The quantitative estimate of drug-likeness (QED) is 0.480. The molecule has 0 unspecified atom stereocenters. The second kappa shape index (κ2) is 7.70. The van der Waals surface area contributed by atoms with E-state index in [9.17, 15) is 24.8 Å². The molecule has 136 valence electrons. The Hall–Kier alpha value is -3.33. The number of non-ortho nitro benzene ring substituents is 1. The average molecular weight is 381 g/mol. The van der Waals surface area contributed by atoms with Crippen LogP contribution < -0.4 is 4.90 Å². The van der Waals surface area contributed by atoms with E-state index in [-0.39, 0.29) is 22.0 Å². The molecular formula is C16H13ClN2O7. The Morgan fingerprint density at radius 2 is 1.85 bits per heavy atom. The van der Waals surface area contributed by atoms with Crippen molar-refractivity contribution in [1.29, 1.82) is 0 Å². The second-order valence-corrected chi connectivity index (χ2v) is 5.28. The number of phenolic OH excluding ortho intramolecular Hbond substituents is 1. The molecule has 1 aliphatic rings. The number of aromatic hydroxyl groups is 1. The van der Waals surface area contributed by atoms with E-state index in [1.54, 1.807) is 0 Å². The Bertz CT molecular complexity index is 874. The summed E-state index contributed by atoms with van der Waals surface area (Å²) in [6, 6.07) is 1.97. The van der Waals surface area contributed by atoms with Crippen molar-refractivity contribution >= 4 is 34.9 Å². The van der Waals surface area contributed by atoms with Crippen LogP contribution in [-0.2, 0) is 19.1 Å². The largest absolute Gasteiger partial charge is 0.504 e. The molecule has 0 spiro atoms. The van der Waals surface area contributed by atoms with Crippen LogP contribution in [0.2, 0.25) is 5.02 Å². The molecule has 1 aliphatic heterocycles. The predicted molar refractivity (Wildman–Crippen MR) is 91.6 cm³/mol. The van der Waals surface area contributed by atoms with Crippen LogP contribution in [-0.4, -0.2) is 36.2 Å². The molecule has 0 fully saturated rings. The molecule has 0 bridgehead atoms. The Morgan fingerprint density at radius 3 is 2.42 bits per heavy atom. The van der Waals surface area contributed by atoms with Gasteiger partial charge in [0.1, 0.15) is 5.70 Å². The number of allylic oxidation sites excluding steroid dienone is 2. The van der Waals surface area contributed by atoms with Crippen LogP contribution >= 0.6 is 11.6 Å². The van der Waals surface area contributed by atoms with Crippen molar-refractivity contribution in [2.24, 2.45) is 0 Å². The number of benzene rings is 1. The first-order chi connectivity index (χ1) is 12.3. The Morgan fingerprint density at radius 1 is 1.19 bits per heavy atom. The van der Waals surface area contributed by atoms with Gasteiger partial charge in [-0.15, -0.1) is 0 Å². The first-order valence-electron chi connectivity index (χ1n) is 7.03. The van der Waals surface area contributed by atoms with Gasteiger partial charge in [0.25, 0.3) is 5.69 Å². The van der Waals surface area contributed by atoms with Gasteiger partial charge in [-0.3, -0.25) is 10.1 Å². The molecule has 1 aromatic rings. The van der Waals surface area contributed by atoms with E-state index in [1.165, 1.54) is 24.4 Å². The number of halogens is 1. The molecule has 0 radical (unpaired) electrons. The number of ether oxygens (including phenoxy) is 2. The molecular weight excluding hydrogens is 368 g/mol. The van der Waals surface area contributed by atoms with Gasteiger partial charge >= 0.3 is 11.9 Å². The number of nitro groups is 1. The Labute approximate surface area is 152 Å². The Balaban J connectivity index is 2.79. The third-order valence-electron chi connectivity index (χ3n) is 3.39. The number of carbonyl (C=O) groups excluding carboxylic acids is 2. The zero-order valence-corrected chi connectivity index (χ0v) is 14.4. The van der Waals surface area contributed by atoms with E-state index >= 15 is 0 Å². The molecule has 26 heavy (non-hydrogen) atoms. The third-order valence-corrected chi connectivity index (χ3v) is 3.68. The van der Waals surface area contributed by atoms with Gasteiger partial charge in [-0.25, -0.2) is 9.59 Å². The van der Waals surface area contributed by atoms with Crippen molar-refractivity contribution in [2.75, 3.05) is 19.1 Å². The highest BCUT2D eigenvalue weighted by molar-refractivity contribution is 6.32. The highest BCUT2D eigenvalue weighted by Gasteiger charge is 2.30. The summed E-state index contributed by atoms with van der Waals surface area (Å²) in [5.74, 6) is -2.29. The van der Waals surface area contributed by atoms with Crippen LogP contribution in [0.3, 0.4) is 0 Å². The summed E-state index contributed by atoms with van der Waals surface area (Å²) in [7, 11) is 2.23. The molecule has 0 atom stereocenters. The van der Waals surface area contributed by atoms with Gasteiger partial charge in [-0.05, 0) is 12.2 Å². The summed E-state index contributed by atoms with van der Waals surface area (Å²) in [4.78, 5) is 35.8. The van der Waals surface area contributed by atoms with Gasteiger partial charge < -0.3 is 19.5 Å². The van der Waals surface area contributed by atoms with Crippen molar-refractivity contribution in [3.63, 3.8) is 0 Å². The molecule has 1 N–H and O–H groups in total. The lowest BCUT2D eigenvalue weighted by atomic mass is 10.1. The summed E-state index contributed by atoms with van der Waals surface area (Å²) in [5.41, 5.74) is -1.09. The molecule has 0 saturated carbocycles. The molecule has 10 heteroatoms.